The van der Waals surface area contributed by atoms with Crippen LogP contribution >= 0.6 is 35.7 Å². The zero-order valence-electron chi connectivity index (χ0n) is 14.2. The van der Waals surface area contributed by atoms with Crippen molar-refractivity contribution in [2.45, 2.75) is 43.6 Å². The van der Waals surface area contributed by atoms with Gasteiger partial charge in [-0.15, -0.1) is 24.0 Å². The smallest absolute Gasteiger partial charge is 0.191 e. The Bertz CT molecular complexity index is 367. The molecule has 130 valence electrons. The molecule has 0 aromatic heterocycles. The first-order valence-corrected chi connectivity index (χ1v) is 9.12. The van der Waals surface area contributed by atoms with Gasteiger partial charge < -0.3 is 15.4 Å². The molecular weight excluding hydrogens is 411 g/mol. The molecule has 2 heterocycles. The molecule has 2 aliphatic rings. The SMILES string of the molecule is CN=C(NCC1CN2CCCC2CO1)NCC(C)(C)SC.I. The fourth-order valence-corrected chi connectivity index (χ4v) is 3.03. The van der Waals surface area contributed by atoms with Crippen molar-refractivity contribution in [3.05, 3.63) is 0 Å². The summed E-state index contributed by atoms with van der Waals surface area (Å²) in [5.74, 6) is 0.865. The van der Waals surface area contributed by atoms with Crippen molar-refractivity contribution in [1.82, 2.24) is 15.5 Å². The standard InChI is InChI=1S/C15H30N4OS.HI/c1-15(2,21-4)11-18-14(16-3)17-8-13-9-19-7-5-6-12(19)10-20-13;/h12-13H,5-11H2,1-4H3,(H2,16,17,18);1H. The van der Waals surface area contributed by atoms with Crippen LogP contribution in [0.5, 0.6) is 0 Å². The average molecular weight is 442 g/mol. The molecule has 22 heavy (non-hydrogen) atoms. The van der Waals surface area contributed by atoms with E-state index in [-0.39, 0.29) is 34.8 Å². The largest absolute Gasteiger partial charge is 0.373 e. The Labute approximate surface area is 156 Å². The Kier molecular flexibility index (Phi) is 8.81. The number of thioether (sulfide) groups is 1. The van der Waals surface area contributed by atoms with Gasteiger partial charge in [-0.05, 0) is 39.5 Å². The van der Waals surface area contributed by atoms with E-state index in [1.807, 2.05) is 18.8 Å². The Morgan fingerprint density at radius 1 is 1.41 bits per heavy atom. The number of aliphatic imine (C=N–C) groups is 1. The molecular formula is C15H31IN4OS. The van der Waals surface area contributed by atoms with Crippen LogP contribution in [0.25, 0.3) is 0 Å². The predicted molar refractivity (Wildman–Crippen MR) is 107 cm³/mol. The van der Waals surface area contributed by atoms with Gasteiger partial charge in [-0.1, -0.05) is 0 Å². The highest BCUT2D eigenvalue weighted by Crippen LogP contribution is 2.22. The summed E-state index contributed by atoms with van der Waals surface area (Å²) in [5.41, 5.74) is 0. The number of nitrogens with zero attached hydrogens (tertiary/aromatic N) is 2. The zero-order chi connectivity index (χ0) is 15.3. The highest BCUT2D eigenvalue weighted by atomic mass is 127. The van der Waals surface area contributed by atoms with E-state index in [2.05, 4.69) is 40.6 Å². The Hall–Kier alpha value is 0.270. The Morgan fingerprint density at radius 2 is 2.18 bits per heavy atom. The van der Waals surface area contributed by atoms with Crippen LogP contribution in [-0.2, 0) is 4.74 Å². The van der Waals surface area contributed by atoms with Crippen LogP contribution < -0.4 is 10.6 Å². The molecule has 2 rings (SSSR count). The second-order valence-corrected chi connectivity index (χ2v) is 8.03. The number of rotatable bonds is 5. The van der Waals surface area contributed by atoms with Crippen LogP contribution in [0.4, 0.5) is 0 Å². The molecule has 0 aromatic carbocycles. The van der Waals surface area contributed by atoms with Crippen molar-refractivity contribution in [3.63, 3.8) is 0 Å². The maximum absolute atomic E-state index is 5.96. The molecule has 2 saturated heterocycles. The molecule has 7 heteroatoms. The number of hydrogen-bond acceptors (Lipinski definition) is 4. The normalized spacial score (nSPS) is 26.3. The van der Waals surface area contributed by atoms with Crippen molar-refractivity contribution >= 4 is 41.7 Å². The number of ether oxygens (including phenoxy) is 1. The van der Waals surface area contributed by atoms with Crippen molar-refractivity contribution in [2.75, 3.05) is 46.1 Å². The molecule has 0 aromatic rings. The molecule has 2 unspecified atom stereocenters. The third-order valence-electron chi connectivity index (χ3n) is 4.42. The number of fused-ring (bicyclic) bond motifs is 1. The van der Waals surface area contributed by atoms with Gasteiger partial charge in [-0.25, -0.2) is 0 Å². The molecule has 0 amide bonds. The first-order valence-electron chi connectivity index (χ1n) is 7.89. The molecule has 5 nitrogen and oxygen atoms in total. The van der Waals surface area contributed by atoms with Crippen molar-refractivity contribution in [2.24, 2.45) is 4.99 Å². The van der Waals surface area contributed by atoms with Gasteiger partial charge in [0, 0.05) is 37.5 Å². The molecule has 0 bridgehead atoms. The van der Waals surface area contributed by atoms with Gasteiger partial charge in [0.2, 0.25) is 0 Å². The summed E-state index contributed by atoms with van der Waals surface area (Å²) < 4.78 is 6.17. The highest BCUT2D eigenvalue weighted by Gasteiger charge is 2.32. The van der Waals surface area contributed by atoms with Crippen molar-refractivity contribution < 1.29 is 4.74 Å². The van der Waals surface area contributed by atoms with Crippen LogP contribution in [-0.4, -0.2) is 73.8 Å². The van der Waals surface area contributed by atoms with Gasteiger partial charge in [-0.2, -0.15) is 11.8 Å². The minimum Gasteiger partial charge on any atom is -0.373 e. The molecule has 0 aliphatic carbocycles. The lowest BCUT2D eigenvalue weighted by atomic mass is 10.2. The second kappa shape index (κ2) is 9.54. The van der Waals surface area contributed by atoms with Crippen molar-refractivity contribution in [1.29, 1.82) is 0 Å². The van der Waals surface area contributed by atoms with Gasteiger partial charge in [-0.3, -0.25) is 9.89 Å². The Morgan fingerprint density at radius 3 is 2.86 bits per heavy atom. The maximum Gasteiger partial charge on any atom is 0.191 e. The van der Waals surface area contributed by atoms with Crippen LogP contribution in [0.3, 0.4) is 0 Å². The lowest BCUT2D eigenvalue weighted by molar-refractivity contribution is -0.0453. The fraction of sp³-hybridized carbons (Fsp3) is 0.933. The summed E-state index contributed by atoms with van der Waals surface area (Å²) in [7, 11) is 1.82. The van der Waals surface area contributed by atoms with Crippen LogP contribution in [0.1, 0.15) is 26.7 Å². The first-order chi connectivity index (χ1) is 10.0. The quantitative estimate of drug-likeness (QED) is 0.386. The monoisotopic (exact) mass is 442 g/mol. The molecule has 0 radical (unpaired) electrons. The summed E-state index contributed by atoms with van der Waals surface area (Å²) in [6.07, 6.45) is 5.03. The van der Waals surface area contributed by atoms with E-state index in [1.165, 1.54) is 19.4 Å². The van der Waals surface area contributed by atoms with E-state index in [4.69, 9.17) is 4.74 Å². The summed E-state index contributed by atoms with van der Waals surface area (Å²) in [6.45, 7) is 9.35. The highest BCUT2D eigenvalue weighted by molar-refractivity contribution is 14.0. The zero-order valence-corrected chi connectivity index (χ0v) is 17.4. The van der Waals surface area contributed by atoms with Gasteiger partial charge in [0.15, 0.2) is 5.96 Å². The Balaban J connectivity index is 0.00000242. The summed E-state index contributed by atoms with van der Waals surface area (Å²) in [5, 5.41) is 6.79. The average Bonchev–Trinajstić information content (AvgIpc) is 2.95. The third-order valence-corrected chi connectivity index (χ3v) is 5.67. The van der Waals surface area contributed by atoms with Crippen LogP contribution in [0.15, 0.2) is 4.99 Å². The lowest BCUT2D eigenvalue weighted by Crippen LogP contribution is -2.52. The summed E-state index contributed by atoms with van der Waals surface area (Å²) >= 11 is 1.86. The maximum atomic E-state index is 5.96. The summed E-state index contributed by atoms with van der Waals surface area (Å²) in [6, 6.07) is 0.668. The van der Waals surface area contributed by atoms with E-state index in [1.54, 1.807) is 0 Å². The minimum atomic E-state index is 0. The lowest BCUT2D eigenvalue weighted by Gasteiger charge is -2.35. The van der Waals surface area contributed by atoms with E-state index in [9.17, 15) is 0 Å². The predicted octanol–water partition coefficient (Wildman–Crippen LogP) is 1.77. The van der Waals surface area contributed by atoms with Crippen LogP contribution in [0.2, 0.25) is 0 Å². The van der Waals surface area contributed by atoms with Crippen LogP contribution in [0, 0.1) is 0 Å². The number of halogens is 1. The second-order valence-electron chi connectivity index (χ2n) is 6.52. The fourth-order valence-electron chi connectivity index (χ4n) is 2.81. The van der Waals surface area contributed by atoms with Gasteiger partial charge in [0.25, 0.3) is 0 Å². The number of hydrogen-bond donors (Lipinski definition) is 2. The van der Waals surface area contributed by atoms with E-state index >= 15 is 0 Å². The molecule has 2 fully saturated rings. The number of morpholine rings is 1. The molecule has 2 N–H and O–H groups in total. The molecule has 2 aliphatic heterocycles. The minimum absolute atomic E-state index is 0. The summed E-state index contributed by atoms with van der Waals surface area (Å²) in [4.78, 5) is 6.86. The molecule has 2 atom stereocenters. The topological polar surface area (TPSA) is 48.9 Å². The number of nitrogens with one attached hydrogen (secondary N) is 2. The van der Waals surface area contributed by atoms with Crippen molar-refractivity contribution in [3.8, 4) is 0 Å². The van der Waals surface area contributed by atoms with E-state index in [0.29, 0.717) is 6.04 Å². The molecule has 0 saturated carbocycles. The third kappa shape index (κ3) is 6.05. The van der Waals surface area contributed by atoms with Gasteiger partial charge in [0.1, 0.15) is 0 Å². The van der Waals surface area contributed by atoms with E-state index in [0.717, 1.165) is 32.2 Å². The number of guanidine groups is 1. The van der Waals surface area contributed by atoms with Gasteiger partial charge in [0.05, 0.1) is 12.7 Å². The van der Waals surface area contributed by atoms with Gasteiger partial charge >= 0.3 is 0 Å². The first kappa shape index (κ1) is 20.3. The van der Waals surface area contributed by atoms with E-state index < -0.39 is 0 Å². The molecule has 0 spiro atoms.